The van der Waals surface area contributed by atoms with Crippen LogP contribution in [0.25, 0.3) is 0 Å². The number of methoxy groups -OCH3 is 1. The van der Waals surface area contributed by atoms with Gasteiger partial charge in [-0.15, -0.1) is 0 Å². The molecule has 1 heterocycles. The zero-order valence-corrected chi connectivity index (χ0v) is 12.4. The molecule has 0 radical (unpaired) electrons. The molecule has 1 rings (SSSR count). The van der Waals surface area contributed by atoms with Crippen LogP contribution in [0.5, 0.6) is 0 Å². The molecule has 1 aromatic heterocycles. The molecular weight excluding hydrogens is 282 g/mol. The number of aromatic nitrogens is 1. The van der Waals surface area contributed by atoms with E-state index in [9.17, 15) is 9.59 Å². The molecule has 0 aliphatic rings. The molecule has 7 nitrogen and oxygen atoms in total. The molecule has 8 heteroatoms. The van der Waals surface area contributed by atoms with E-state index in [0.717, 1.165) is 0 Å². The van der Waals surface area contributed by atoms with Crippen LogP contribution < -0.4 is 11.1 Å². The summed E-state index contributed by atoms with van der Waals surface area (Å²) in [4.78, 5) is 22.6. The number of nitrogens with two attached hydrogens (primary N) is 1. The molecule has 1 atom stereocenters. The molecular formula is C12H19N3O4S. The molecule has 1 amide bonds. The number of hydrogen-bond donors (Lipinski definition) is 2. The van der Waals surface area contributed by atoms with E-state index >= 15 is 0 Å². The summed E-state index contributed by atoms with van der Waals surface area (Å²) < 4.78 is 9.36. The topological polar surface area (TPSA) is 107 Å². The maximum absolute atomic E-state index is 11.6. The number of anilines is 1. The Balaban J connectivity index is 2.09. The smallest absolute Gasteiger partial charge is 0.322 e. The summed E-state index contributed by atoms with van der Waals surface area (Å²) >= 11 is 1.56. The largest absolute Gasteiger partial charge is 0.468 e. The summed E-state index contributed by atoms with van der Waals surface area (Å²) in [5.41, 5.74) is 5.59. The molecule has 0 aliphatic carbocycles. The number of ether oxygens (including phenoxy) is 1. The average Bonchev–Trinajstić information content (AvgIpc) is 2.82. The Labute approximate surface area is 121 Å². The third-order valence-corrected chi connectivity index (χ3v) is 3.46. The highest BCUT2D eigenvalue weighted by atomic mass is 32.2. The predicted octanol–water partition coefficient (Wildman–Crippen LogP) is 0.935. The highest BCUT2D eigenvalue weighted by molar-refractivity contribution is 7.99. The van der Waals surface area contributed by atoms with Gasteiger partial charge in [-0.1, -0.05) is 5.16 Å². The standard InChI is InChI=1S/C12H19N3O4S/c1-8-7-10(15-19-8)14-11(16)4-6-20-5-3-9(13)12(17)18-2/h7,9H,3-6,13H2,1-2H3,(H,14,15,16). The van der Waals surface area contributed by atoms with Crippen molar-refractivity contribution >= 4 is 29.5 Å². The van der Waals surface area contributed by atoms with Crippen molar-refractivity contribution in [1.29, 1.82) is 0 Å². The Morgan fingerprint density at radius 3 is 2.90 bits per heavy atom. The lowest BCUT2D eigenvalue weighted by Gasteiger charge is -2.08. The van der Waals surface area contributed by atoms with E-state index in [1.807, 2.05) is 0 Å². The van der Waals surface area contributed by atoms with Crippen LogP contribution >= 0.6 is 11.8 Å². The van der Waals surface area contributed by atoms with Crippen molar-refractivity contribution < 1.29 is 18.8 Å². The second kappa shape index (κ2) is 8.60. The molecule has 0 aliphatic heterocycles. The number of nitrogens with one attached hydrogen (secondary N) is 1. The van der Waals surface area contributed by atoms with Crippen LogP contribution in [-0.4, -0.2) is 41.7 Å². The third kappa shape index (κ3) is 6.07. The zero-order chi connectivity index (χ0) is 15.0. The number of nitrogens with zero attached hydrogens (tertiary/aromatic N) is 1. The van der Waals surface area contributed by atoms with Crippen molar-refractivity contribution in [2.24, 2.45) is 5.73 Å². The van der Waals surface area contributed by atoms with Crippen LogP contribution in [0.1, 0.15) is 18.6 Å². The molecule has 3 N–H and O–H groups in total. The van der Waals surface area contributed by atoms with Crippen molar-refractivity contribution in [1.82, 2.24) is 5.16 Å². The number of carbonyl (C=O) groups is 2. The monoisotopic (exact) mass is 301 g/mol. The summed E-state index contributed by atoms with van der Waals surface area (Å²) in [5, 5.41) is 6.30. The summed E-state index contributed by atoms with van der Waals surface area (Å²) in [5.74, 6) is 1.88. The molecule has 1 aromatic rings. The maximum atomic E-state index is 11.6. The van der Waals surface area contributed by atoms with E-state index < -0.39 is 12.0 Å². The van der Waals surface area contributed by atoms with Gasteiger partial charge < -0.3 is 20.3 Å². The minimum Gasteiger partial charge on any atom is -0.468 e. The molecule has 0 fully saturated rings. The van der Waals surface area contributed by atoms with E-state index in [-0.39, 0.29) is 5.91 Å². The van der Waals surface area contributed by atoms with Crippen LogP contribution in [-0.2, 0) is 14.3 Å². The Hall–Kier alpha value is -1.54. The lowest BCUT2D eigenvalue weighted by Crippen LogP contribution is -2.32. The first kappa shape index (κ1) is 16.5. The minimum atomic E-state index is -0.598. The van der Waals surface area contributed by atoms with E-state index in [2.05, 4.69) is 15.2 Å². The van der Waals surface area contributed by atoms with Gasteiger partial charge in [0.2, 0.25) is 5.91 Å². The minimum absolute atomic E-state index is 0.122. The van der Waals surface area contributed by atoms with Crippen molar-refractivity contribution in [3.8, 4) is 0 Å². The Bertz CT molecular complexity index is 450. The van der Waals surface area contributed by atoms with E-state index in [1.54, 1.807) is 24.8 Å². The molecule has 112 valence electrons. The average molecular weight is 301 g/mol. The highest BCUT2D eigenvalue weighted by Crippen LogP contribution is 2.10. The number of carbonyl (C=O) groups excluding carboxylic acids is 2. The van der Waals surface area contributed by atoms with Gasteiger partial charge in [0.25, 0.3) is 0 Å². The molecule has 0 bridgehead atoms. The fourth-order valence-electron chi connectivity index (χ4n) is 1.38. The SMILES string of the molecule is COC(=O)C(N)CCSCCC(=O)Nc1cc(C)on1. The molecule has 0 saturated carbocycles. The van der Waals surface area contributed by atoms with E-state index in [0.29, 0.717) is 35.9 Å². The van der Waals surface area contributed by atoms with Gasteiger partial charge in [-0.05, 0) is 19.1 Å². The van der Waals surface area contributed by atoms with Crippen LogP contribution in [0.2, 0.25) is 0 Å². The molecule has 20 heavy (non-hydrogen) atoms. The van der Waals surface area contributed by atoms with Gasteiger partial charge in [-0.25, -0.2) is 0 Å². The van der Waals surface area contributed by atoms with Gasteiger partial charge in [0.1, 0.15) is 11.8 Å². The van der Waals surface area contributed by atoms with Crippen molar-refractivity contribution in [2.45, 2.75) is 25.8 Å². The number of rotatable bonds is 8. The number of thioether (sulfide) groups is 1. The third-order valence-electron chi connectivity index (χ3n) is 2.45. The predicted molar refractivity (Wildman–Crippen MR) is 76.4 cm³/mol. The second-order valence-corrected chi connectivity index (χ2v) is 5.38. The summed E-state index contributed by atoms with van der Waals surface area (Å²) in [7, 11) is 1.31. The molecule has 0 spiro atoms. The van der Waals surface area contributed by atoms with Gasteiger partial charge >= 0.3 is 5.97 Å². The van der Waals surface area contributed by atoms with Crippen LogP contribution in [0.3, 0.4) is 0 Å². The van der Waals surface area contributed by atoms with E-state index in [4.69, 9.17) is 10.3 Å². The second-order valence-electron chi connectivity index (χ2n) is 4.15. The zero-order valence-electron chi connectivity index (χ0n) is 11.5. The lowest BCUT2D eigenvalue weighted by molar-refractivity contribution is -0.142. The van der Waals surface area contributed by atoms with Crippen molar-refractivity contribution in [3.05, 3.63) is 11.8 Å². The Morgan fingerprint density at radius 1 is 1.55 bits per heavy atom. The Kier molecular flexibility index (Phi) is 7.10. The fraction of sp³-hybridized carbons (Fsp3) is 0.583. The summed E-state index contributed by atoms with van der Waals surface area (Å²) in [6, 6.07) is 1.06. The van der Waals surface area contributed by atoms with Crippen molar-refractivity contribution in [3.63, 3.8) is 0 Å². The number of amides is 1. The molecule has 0 saturated heterocycles. The van der Waals surface area contributed by atoms with Crippen LogP contribution in [0, 0.1) is 6.92 Å². The van der Waals surface area contributed by atoms with Crippen molar-refractivity contribution in [2.75, 3.05) is 23.9 Å². The number of aryl methyl sites for hydroxylation is 1. The summed E-state index contributed by atoms with van der Waals surface area (Å²) in [6.45, 7) is 1.75. The van der Waals surface area contributed by atoms with E-state index in [1.165, 1.54) is 7.11 Å². The molecule has 1 unspecified atom stereocenters. The Morgan fingerprint density at radius 2 is 2.30 bits per heavy atom. The quantitative estimate of drug-likeness (QED) is 0.543. The maximum Gasteiger partial charge on any atom is 0.322 e. The first-order valence-corrected chi connectivity index (χ1v) is 7.32. The first-order valence-electron chi connectivity index (χ1n) is 6.17. The fourth-order valence-corrected chi connectivity index (χ4v) is 2.33. The number of hydrogen-bond acceptors (Lipinski definition) is 7. The highest BCUT2D eigenvalue weighted by Gasteiger charge is 2.13. The lowest BCUT2D eigenvalue weighted by atomic mass is 10.2. The van der Waals surface area contributed by atoms with Crippen LogP contribution in [0.15, 0.2) is 10.6 Å². The summed E-state index contributed by atoms with van der Waals surface area (Å²) in [6.07, 6.45) is 0.894. The number of esters is 1. The van der Waals surface area contributed by atoms with Gasteiger partial charge in [0.05, 0.1) is 7.11 Å². The van der Waals surface area contributed by atoms with Crippen LogP contribution in [0.4, 0.5) is 5.82 Å². The van der Waals surface area contributed by atoms with Gasteiger partial charge in [0.15, 0.2) is 5.82 Å². The van der Waals surface area contributed by atoms with Gasteiger partial charge in [0, 0.05) is 18.2 Å². The molecule has 0 aromatic carbocycles. The van der Waals surface area contributed by atoms with Gasteiger partial charge in [-0.2, -0.15) is 11.8 Å². The normalized spacial score (nSPS) is 11.9. The first-order chi connectivity index (χ1) is 9.52. The van der Waals surface area contributed by atoms with Gasteiger partial charge in [-0.3, -0.25) is 9.59 Å².